The van der Waals surface area contributed by atoms with E-state index in [-0.39, 0.29) is 25.2 Å². The topological polar surface area (TPSA) is 55.8 Å². The lowest BCUT2D eigenvalue weighted by atomic mass is 10.2. The fourth-order valence-corrected chi connectivity index (χ4v) is 8.20. The third kappa shape index (κ3) is 8.88. The van der Waals surface area contributed by atoms with Gasteiger partial charge in [-0.05, 0) is 178 Å². The molecular formula is C24H16BrI6NO4. The van der Waals surface area contributed by atoms with Crippen molar-refractivity contribution in [1.82, 2.24) is 0 Å². The van der Waals surface area contributed by atoms with E-state index in [4.69, 9.17) is 9.47 Å². The van der Waals surface area contributed by atoms with Gasteiger partial charge in [0.1, 0.15) is 13.2 Å². The Balaban J connectivity index is 1.66. The molecule has 0 bridgehead atoms. The number of esters is 2. The van der Waals surface area contributed by atoms with Crippen molar-refractivity contribution in [3.05, 3.63) is 85.6 Å². The zero-order chi connectivity index (χ0) is 26.4. The summed E-state index contributed by atoms with van der Waals surface area (Å²) < 4.78 is 17.9. The van der Waals surface area contributed by atoms with Crippen LogP contribution >= 0.6 is 151 Å². The lowest BCUT2D eigenvalue weighted by molar-refractivity contribution is 0.0502. The third-order valence-electron chi connectivity index (χ3n) is 4.82. The molecule has 3 rings (SSSR count). The van der Waals surface area contributed by atoms with Gasteiger partial charge in [0.2, 0.25) is 0 Å². The first-order valence-electron chi connectivity index (χ1n) is 10.2. The van der Waals surface area contributed by atoms with Crippen molar-refractivity contribution < 1.29 is 19.1 Å². The molecule has 0 aliphatic rings. The Hall–Kier alpha value is 1.26. The summed E-state index contributed by atoms with van der Waals surface area (Å²) in [5, 5.41) is 0. The van der Waals surface area contributed by atoms with Gasteiger partial charge in [0.15, 0.2) is 0 Å². The van der Waals surface area contributed by atoms with Gasteiger partial charge in [-0.25, -0.2) is 9.59 Å². The van der Waals surface area contributed by atoms with Crippen LogP contribution in [0.3, 0.4) is 0 Å². The molecule has 0 heterocycles. The van der Waals surface area contributed by atoms with Crippen LogP contribution in [0.5, 0.6) is 0 Å². The van der Waals surface area contributed by atoms with Crippen LogP contribution in [0.25, 0.3) is 0 Å². The van der Waals surface area contributed by atoms with Crippen LogP contribution in [-0.4, -0.2) is 38.2 Å². The van der Waals surface area contributed by atoms with E-state index in [1.165, 1.54) is 0 Å². The van der Waals surface area contributed by atoms with Crippen molar-refractivity contribution in [3.8, 4) is 0 Å². The molecule has 36 heavy (non-hydrogen) atoms. The maximum atomic E-state index is 12.8. The standard InChI is InChI=1S/C24H16BrI6NO4/c25-13-2-1-3-15(10-13)32(6-8-35-23(33)16-11-14(26)12-19(29)21(16)30)7-9-36-24(34)20-17(27)4-5-18(28)22(20)31/h1-5,10-12H,6-9H2. The van der Waals surface area contributed by atoms with Crippen LogP contribution in [-0.2, 0) is 9.47 Å². The summed E-state index contributed by atoms with van der Waals surface area (Å²) in [4.78, 5) is 27.6. The number of rotatable bonds is 9. The first-order chi connectivity index (χ1) is 17.1. The molecule has 0 unspecified atom stereocenters. The summed E-state index contributed by atoms with van der Waals surface area (Å²) in [5.41, 5.74) is 2.09. The fourth-order valence-electron chi connectivity index (χ4n) is 3.11. The maximum Gasteiger partial charge on any atom is 0.340 e. The highest BCUT2D eigenvalue weighted by Crippen LogP contribution is 2.26. The van der Waals surface area contributed by atoms with E-state index in [1.54, 1.807) is 0 Å². The van der Waals surface area contributed by atoms with Crippen LogP contribution < -0.4 is 4.90 Å². The van der Waals surface area contributed by atoms with E-state index >= 15 is 0 Å². The SMILES string of the molecule is O=C(OCCN(CCOC(=O)c1c(I)ccc(I)c1I)c1cccc(Br)c1)c1cc(I)cc(I)c1I. The quantitative estimate of drug-likeness (QED) is 0.122. The molecule has 5 nitrogen and oxygen atoms in total. The maximum absolute atomic E-state index is 12.8. The Kier molecular flexibility index (Phi) is 13.5. The minimum absolute atomic E-state index is 0.198. The first-order valence-corrected chi connectivity index (χ1v) is 17.5. The van der Waals surface area contributed by atoms with Crippen molar-refractivity contribution in [2.24, 2.45) is 0 Å². The van der Waals surface area contributed by atoms with Crippen molar-refractivity contribution >= 4 is 169 Å². The Labute approximate surface area is 299 Å². The highest BCUT2D eigenvalue weighted by molar-refractivity contribution is 14.1. The third-order valence-corrected chi connectivity index (χ3v) is 12.9. The molecule has 0 radical (unpaired) electrons. The number of carbonyl (C=O) groups excluding carboxylic acids is 2. The number of hydrogen-bond donors (Lipinski definition) is 0. The molecular weight excluding hydrogens is 1210 g/mol. The van der Waals surface area contributed by atoms with E-state index in [0.717, 1.165) is 31.6 Å². The second-order valence-electron chi connectivity index (χ2n) is 7.21. The van der Waals surface area contributed by atoms with E-state index in [9.17, 15) is 9.59 Å². The van der Waals surface area contributed by atoms with Crippen molar-refractivity contribution in [2.45, 2.75) is 0 Å². The molecule has 190 valence electrons. The number of nitrogens with zero attached hydrogens (tertiary/aromatic N) is 1. The minimum Gasteiger partial charge on any atom is -0.460 e. The number of hydrogen-bond acceptors (Lipinski definition) is 5. The van der Waals surface area contributed by atoms with Crippen LogP contribution in [0, 0.1) is 21.4 Å². The van der Waals surface area contributed by atoms with Gasteiger partial charge in [0, 0.05) is 31.6 Å². The molecule has 0 aromatic heterocycles. The van der Waals surface area contributed by atoms with E-state index < -0.39 is 0 Å². The van der Waals surface area contributed by atoms with Gasteiger partial charge in [-0.1, -0.05) is 22.0 Å². The highest BCUT2D eigenvalue weighted by Gasteiger charge is 2.19. The Bertz CT molecular complexity index is 1290. The second kappa shape index (κ2) is 15.3. The molecule has 0 aliphatic carbocycles. The molecule has 0 fully saturated rings. The Morgan fingerprint density at radius 3 is 2.06 bits per heavy atom. The number of ether oxygens (including phenoxy) is 2. The predicted octanol–water partition coefficient (Wildman–Crippen LogP) is 8.60. The minimum atomic E-state index is -0.348. The predicted molar refractivity (Wildman–Crippen MR) is 196 cm³/mol. The van der Waals surface area contributed by atoms with Gasteiger partial charge in [-0.2, -0.15) is 0 Å². The average molecular weight is 1220 g/mol. The summed E-state index contributed by atoms with van der Waals surface area (Å²) in [5.74, 6) is -0.690. The number of halogens is 7. The van der Waals surface area contributed by atoms with Gasteiger partial charge in [-0.3, -0.25) is 0 Å². The molecule has 0 saturated carbocycles. The second-order valence-corrected chi connectivity index (χ2v) is 15.0. The molecule has 0 N–H and O–H groups in total. The van der Waals surface area contributed by atoms with Gasteiger partial charge in [0.25, 0.3) is 0 Å². The number of carbonyl (C=O) groups is 2. The first kappa shape index (κ1) is 31.8. The fraction of sp³-hybridized carbons (Fsp3) is 0.167. The van der Waals surface area contributed by atoms with E-state index in [2.05, 4.69) is 151 Å². The number of anilines is 1. The van der Waals surface area contributed by atoms with Gasteiger partial charge < -0.3 is 14.4 Å². The van der Waals surface area contributed by atoms with Gasteiger partial charge in [-0.15, -0.1) is 0 Å². The van der Waals surface area contributed by atoms with Crippen LogP contribution in [0.1, 0.15) is 20.7 Å². The van der Waals surface area contributed by atoms with E-state index in [0.29, 0.717) is 24.2 Å². The molecule has 0 aliphatic heterocycles. The average Bonchev–Trinajstić information content (AvgIpc) is 2.82. The Morgan fingerprint density at radius 1 is 0.750 bits per heavy atom. The summed E-state index contributed by atoms with van der Waals surface area (Å²) in [6.45, 7) is 1.30. The van der Waals surface area contributed by atoms with Gasteiger partial charge in [0.05, 0.1) is 24.2 Å². The van der Waals surface area contributed by atoms with Crippen LogP contribution in [0.4, 0.5) is 5.69 Å². The molecule has 0 amide bonds. The van der Waals surface area contributed by atoms with Crippen molar-refractivity contribution in [1.29, 1.82) is 0 Å². The van der Waals surface area contributed by atoms with Crippen LogP contribution in [0.2, 0.25) is 0 Å². The summed E-state index contributed by atoms with van der Waals surface area (Å²) in [7, 11) is 0. The molecule has 3 aromatic carbocycles. The zero-order valence-electron chi connectivity index (χ0n) is 18.2. The van der Waals surface area contributed by atoms with Crippen LogP contribution in [0.15, 0.2) is 53.0 Å². The lowest BCUT2D eigenvalue weighted by Crippen LogP contribution is -2.32. The lowest BCUT2D eigenvalue weighted by Gasteiger charge is -2.25. The normalized spacial score (nSPS) is 10.8. The molecule has 12 heteroatoms. The van der Waals surface area contributed by atoms with E-state index in [1.807, 2.05) is 53.4 Å². The molecule has 0 atom stereocenters. The summed E-state index contributed by atoms with van der Waals surface area (Å²) in [6.07, 6.45) is 0. The summed E-state index contributed by atoms with van der Waals surface area (Å²) >= 11 is 16.7. The zero-order valence-corrected chi connectivity index (χ0v) is 32.7. The molecule has 0 spiro atoms. The van der Waals surface area contributed by atoms with Gasteiger partial charge >= 0.3 is 11.9 Å². The van der Waals surface area contributed by atoms with Crippen molar-refractivity contribution in [2.75, 3.05) is 31.2 Å². The highest BCUT2D eigenvalue weighted by atomic mass is 127. The smallest absolute Gasteiger partial charge is 0.340 e. The van der Waals surface area contributed by atoms with Crippen molar-refractivity contribution in [3.63, 3.8) is 0 Å². The summed E-state index contributed by atoms with van der Waals surface area (Å²) in [6, 6.07) is 15.6. The monoisotopic (exact) mass is 1220 g/mol. The number of benzene rings is 3. The molecule has 0 saturated heterocycles. The Morgan fingerprint density at radius 2 is 1.39 bits per heavy atom. The largest absolute Gasteiger partial charge is 0.460 e. The molecule has 3 aromatic rings.